The lowest BCUT2D eigenvalue weighted by molar-refractivity contribution is 1.07. The molecular weight excluding hydrogens is 741 g/mol. The second kappa shape index (κ2) is 14.3. The Morgan fingerprint density at radius 2 is 0.852 bits per heavy atom. The van der Waals surface area contributed by atoms with Crippen LogP contribution in [0.15, 0.2) is 218 Å². The molecule has 284 valence electrons. The van der Waals surface area contributed by atoms with Crippen molar-refractivity contribution in [1.29, 1.82) is 0 Å². The van der Waals surface area contributed by atoms with Gasteiger partial charge < -0.3 is 4.57 Å². The Morgan fingerprint density at radius 1 is 0.295 bits per heavy atom. The number of fused-ring (bicyclic) bond motifs is 7. The second-order valence-electron chi connectivity index (χ2n) is 15.5. The van der Waals surface area contributed by atoms with Gasteiger partial charge in [-0.3, -0.25) is 0 Å². The Kier molecular flexibility index (Phi) is 8.13. The summed E-state index contributed by atoms with van der Waals surface area (Å²) in [5.74, 6) is 1.88. The number of para-hydroxylation sites is 2. The summed E-state index contributed by atoms with van der Waals surface area (Å²) in [6.45, 7) is 0. The van der Waals surface area contributed by atoms with Crippen LogP contribution in [-0.4, -0.2) is 19.5 Å². The van der Waals surface area contributed by atoms with Gasteiger partial charge in [-0.1, -0.05) is 188 Å². The van der Waals surface area contributed by atoms with Gasteiger partial charge in [0, 0.05) is 33.2 Å². The summed E-state index contributed by atoms with van der Waals surface area (Å²) in [7, 11) is 0. The van der Waals surface area contributed by atoms with Crippen LogP contribution in [0.2, 0.25) is 0 Å². The summed E-state index contributed by atoms with van der Waals surface area (Å²) in [4.78, 5) is 15.6. The van der Waals surface area contributed by atoms with Gasteiger partial charge in [0.25, 0.3) is 0 Å². The van der Waals surface area contributed by atoms with Gasteiger partial charge in [-0.25, -0.2) is 15.0 Å². The van der Waals surface area contributed by atoms with Crippen LogP contribution in [0.25, 0.3) is 116 Å². The first-order valence-corrected chi connectivity index (χ1v) is 20.7. The molecule has 0 bridgehead atoms. The van der Waals surface area contributed by atoms with Crippen LogP contribution in [0.1, 0.15) is 0 Å². The maximum atomic E-state index is 5.29. The molecule has 61 heavy (non-hydrogen) atoms. The van der Waals surface area contributed by atoms with Crippen LogP contribution in [0.3, 0.4) is 0 Å². The second-order valence-corrected chi connectivity index (χ2v) is 15.5. The minimum Gasteiger partial charge on any atom is -0.309 e. The van der Waals surface area contributed by atoms with Crippen LogP contribution in [-0.2, 0) is 0 Å². The molecule has 2 heterocycles. The average Bonchev–Trinajstić information content (AvgIpc) is 3.68. The number of aromatic nitrogens is 4. The van der Waals surface area contributed by atoms with Crippen molar-refractivity contribution in [1.82, 2.24) is 19.5 Å². The molecule has 0 amide bonds. The highest BCUT2D eigenvalue weighted by Crippen LogP contribution is 2.43. The minimum atomic E-state index is 0.623. The number of hydrogen-bond acceptors (Lipinski definition) is 3. The highest BCUT2D eigenvalue weighted by molar-refractivity contribution is 6.20. The van der Waals surface area contributed by atoms with E-state index < -0.39 is 0 Å². The van der Waals surface area contributed by atoms with Crippen molar-refractivity contribution >= 4 is 54.1 Å². The minimum absolute atomic E-state index is 0.623. The summed E-state index contributed by atoms with van der Waals surface area (Å²) in [5.41, 5.74) is 10.8. The van der Waals surface area contributed by atoms with Crippen molar-refractivity contribution in [3.05, 3.63) is 218 Å². The zero-order valence-electron chi connectivity index (χ0n) is 33.1. The molecule has 0 radical (unpaired) electrons. The topological polar surface area (TPSA) is 43.6 Å². The zero-order chi connectivity index (χ0) is 40.3. The molecule has 4 nitrogen and oxygen atoms in total. The Hall–Kier alpha value is -8.21. The molecule has 2 aromatic heterocycles. The van der Waals surface area contributed by atoms with E-state index in [2.05, 4.69) is 205 Å². The van der Waals surface area contributed by atoms with Crippen molar-refractivity contribution in [2.24, 2.45) is 0 Å². The summed E-state index contributed by atoms with van der Waals surface area (Å²) in [6, 6.07) is 77.5. The van der Waals surface area contributed by atoms with E-state index in [1.54, 1.807) is 0 Å². The van der Waals surface area contributed by atoms with E-state index in [1.165, 1.54) is 48.7 Å². The maximum Gasteiger partial charge on any atom is 0.164 e. The normalized spacial score (nSPS) is 11.6. The molecule has 0 unspecified atom stereocenters. The first-order valence-electron chi connectivity index (χ1n) is 20.7. The first kappa shape index (κ1) is 34.8. The average molecular weight is 777 g/mol. The molecule has 12 aromatic rings. The predicted octanol–water partition coefficient (Wildman–Crippen LogP) is 14.8. The van der Waals surface area contributed by atoms with Gasteiger partial charge in [-0.2, -0.15) is 0 Å². The van der Waals surface area contributed by atoms with E-state index >= 15 is 0 Å². The van der Waals surface area contributed by atoms with Gasteiger partial charge in [0.2, 0.25) is 0 Å². The Balaban J connectivity index is 1.03. The maximum absolute atomic E-state index is 5.29. The van der Waals surface area contributed by atoms with E-state index in [9.17, 15) is 0 Å². The summed E-state index contributed by atoms with van der Waals surface area (Å²) in [6.07, 6.45) is 0. The standard InChI is InChI=1S/C57H36N4/c1-3-17-39(18-4-1)55-58-56(40-32-30-38(31-33-40)53-44-23-10-8-19-41(44)36-50-43-22-9-7-16-37(43)34-35-47(50)53)60-57(59-55)48-25-12-11-24-45(48)46-27-15-29-52-54(46)49-26-13-14-28-51(49)61(52)42-20-5-2-6-21-42/h1-36H. The molecule has 12 rings (SSSR count). The fraction of sp³-hybridized carbons (Fsp3) is 0. The van der Waals surface area contributed by atoms with E-state index in [0.717, 1.165) is 50.1 Å². The fourth-order valence-corrected chi connectivity index (χ4v) is 9.27. The van der Waals surface area contributed by atoms with Gasteiger partial charge in [0.15, 0.2) is 17.5 Å². The predicted molar refractivity (Wildman–Crippen MR) is 254 cm³/mol. The van der Waals surface area contributed by atoms with Crippen molar-refractivity contribution < 1.29 is 0 Å². The summed E-state index contributed by atoms with van der Waals surface area (Å²) in [5, 5.41) is 9.82. The van der Waals surface area contributed by atoms with Crippen LogP contribution in [0.5, 0.6) is 0 Å². The van der Waals surface area contributed by atoms with Crippen LogP contribution >= 0.6 is 0 Å². The first-order chi connectivity index (χ1) is 30.3. The highest BCUT2D eigenvalue weighted by Gasteiger charge is 2.21. The molecule has 10 aromatic carbocycles. The van der Waals surface area contributed by atoms with Crippen LogP contribution in [0, 0.1) is 0 Å². The van der Waals surface area contributed by atoms with E-state index in [0.29, 0.717) is 17.5 Å². The molecule has 0 spiro atoms. The van der Waals surface area contributed by atoms with Gasteiger partial charge >= 0.3 is 0 Å². The Bertz CT molecular complexity index is 3630. The fourth-order valence-electron chi connectivity index (χ4n) is 9.27. The monoisotopic (exact) mass is 776 g/mol. The number of hydrogen-bond donors (Lipinski definition) is 0. The molecule has 0 saturated carbocycles. The van der Waals surface area contributed by atoms with Crippen molar-refractivity contribution in [2.45, 2.75) is 0 Å². The lowest BCUT2D eigenvalue weighted by Gasteiger charge is -2.15. The van der Waals surface area contributed by atoms with Gasteiger partial charge in [0.05, 0.1) is 11.0 Å². The Labute approximate surface area is 352 Å². The third-order valence-electron chi connectivity index (χ3n) is 12.0. The third-order valence-corrected chi connectivity index (χ3v) is 12.0. The summed E-state index contributed by atoms with van der Waals surface area (Å²) >= 11 is 0. The quantitative estimate of drug-likeness (QED) is 0.125. The lowest BCUT2D eigenvalue weighted by Crippen LogP contribution is -2.01. The molecule has 0 aliphatic rings. The van der Waals surface area contributed by atoms with E-state index in [1.807, 2.05) is 18.2 Å². The molecule has 0 atom stereocenters. The van der Waals surface area contributed by atoms with Crippen molar-refractivity contribution in [3.8, 4) is 62.1 Å². The largest absolute Gasteiger partial charge is 0.309 e. The van der Waals surface area contributed by atoms with Gasteiger partial charge in [-0.05, 0) is 84.9 Å². The molecule has 4 heteroatoms. The highest BCUT2D eigenvalue weighted by atomic mass is 15.0. The molecule has 0 saturated heterocycles. The number of benzene rings is 10. The zero-order valence-corrected chi connectivity index (χ0v) is 33.1. The van der Waals surface area contributed by atoms with Crippen molar-refractivity contribution in [3.63, 3.8) is 0 Å². The smallest absolute Gasteiger partial charge is 0.164 e. The van der Waals surface area contributed by atoms with E-state index in [-0.39, 0.29) is 0 Å². The molecule has 0 N–H and O–H groups in total. The lowest BCUT2D eigenvalue weighted by atomic mass is 9.89. The van der Waals surface area contributed by atoms with E-state index in [4.69, 9.17) is 15.0 Å². The summed E-state index contributed by atoms with van der Waals surface area (Å²) < 4.78 is 2.36. The van der Waals surface area contributed by atoms with Gasteiger partial charge in [0.1, 0.15) is 0 Å². The molecule has 0 fully saturated rings. The Morgan fingerprint density at radius 3 is 1.64 bits per heavy atom. The van der Waals surface area contributed by atoms with Crippen LogP contribution in [0.4, 0.5) is 0 Å². The van der Waals surface area contributed by atoms with Crippen molar-refractivity contribution in [2.75, 3.05) is 0 Å². The molecular formula is C57H36N4. The molecule has 0 aliphatic carbocycles. The molecule has 0 aliphatic heterocycles. The van der Waals surface area contributed by atoms with Gasteiger partial charge in [-0.15, -0.1) is 0 Å². The number of rotatable bonds is 6. The van der Waals surface area contributed by atoms with Crippen LogP contribution < -0.4 is 0 Å². The number of nitrogens with zero attached hydrogens (tertiary/aromatic N) is 4. The SMILES string of the molecule is c1ccc(-c2nc(-c3ccc(-c4c5ccccc5cc5c4ccc4ccccc45)cc3)nc(-c3ccccc3-c3cccc4c3c3ccccc3n4-c3ccccc3)n2)cc1. The third kappa shape index (κ3) is 5.80.